The molecule has 78 valence electrons. The normalized spacial score (nSPS) is 10.6. The molecule has 2 aromatic rings. The summed E-state index contributed by atoms with van der Waals surface area (Å²) in [7, 11) is 0. The fraction of sp³-hybridized carbons (Fsp3) is 0.308. The van der Waals surface area contributed by atoms with Crippen LogP contribution < -0.4 is 5.32 Å². The number of aryl methyl sites for hydroxylation is 2. The van der Waals surface area contributed by atoms with Crippen LogP contribution in [0.4, 0.5) is 5.69 Å². The van der Waals surface area contributed by atoms with Crippen LogP contribution in [0.25, 0.3) is 10.9 Å². The van der Waals surface area contributed by atoms with Gasteiger partial charge in [0, 0.05) is 23.8 Å². The van der Waals surface area contributed by atoms with Crippen molar-refractivity contribution in [2.24, 2.45) is 0 Å². The summed E-state index contributed by atoms with van der Waals surface area (Å²) in [6.45, 7) is 7.29. The monoisotopic (exact) mass is 200 g/mol. The highest BCUT2D eigenvalue weighted by Crippen LogP contribution is 2.26. The van der Waals surface area contributed by atoms with Crippen LogP contribution >= 0.6 is 0 Å². The van der Waals surface area contributed by atoms with Crippen LogP contribution in [0.15, 0.2) is 24.4 Å². The van der Waals surface area contributed by atoms with Crippen molar-refractivity contribution in [1.82, 2.24) is 4.98 Å². The molecule has 0 aliphatic rings. The van der Waals surface area contributed by atoms with Crippen molar-refractivity contribution in [3.63, 3.8) is 0 Å². The first kappa shape index (κ1) is 9.97. The van der Waals surface area contributed by atoms with Crippen LogP contribution in [0.5, 0.6) is 0 Å². The molecule has 2 rings (SSSR count). The van der Waals surface area contributed by atoms with E-state index < -0.39 is 0 Å². The number of pyridine rings is 1. The van der Waals surface area contributed by atoms with Gasteiger partial charge in [0.15, 0.2) is 0 Å². The van der Waals surface area contributed by atoms with Crippen molar-refractivity contribution >= 4 is 16.6 Å². The van der Waals surface area contributed by atoms with E-state index in [1.165, 1.54) is 22.2 Å². The van der Waals surface area contributed by atoms with Crippen LogP contribution in [0.1, 0.15) is 18.1 Å². The van der Waals surface area contributed by atoms with Crippen molar-refractivity contribution in [3.8, 4) is 0 Å². The molecule has 1 N–H and O–H groups in total. The molecule has 1 aromatic carbocycles. The van der Waals surface area contributed by atoms with E-state index in [9.17, 15) is 0 Å². The van der Waals surface area contributed by atoms with Gasteiger partial charge in [-0.2, -0.15) is 0 Å². The average Bonchev–Trinajstić information content (AvgIpc) is 2.17. The summed E-state index contributed by atoms with van der Waals surface area (Å²) in [6.07, 6.45) is 1.86. The lowest BCUT2D eigenvalue weighted by Crippen LogP contribution is -1.99. The van der Waals surface area contributed by atoms with Crippen LogP contribution in [0.2, 0.25) is 0 Å². The molecule has 2 nitrogen and oxygen atoms in total. The van der Waals surface area contributed by atoms with E-state index in [-0.39, 0.29) is 0 Å². The van der Waals surface area contributed by atoms with E-state index in [0.717, 1.165) is 12.1 Å². The van der Waals surface area contributed by atoms with Crippen LogP contribution in [0, 0.1) is 13.8 Å². The predicted molar refractivity (Wildman–Crippen MR) is 65.4 cm³/mol. The zero-order valence-electron chi connectivity index (χ0n) is 9.46. The standard InChI is InChI=1S/C13H16N2/c1-4-14-11-5-6-15-12-8-9(2)7-10(3)13(11)12/h5-8H,4H2,1-3H3,(H,14,15). The number of nitrogens with one attached hydrogen (secondary N) is 1. The lowest BCUT2D eigenvalue weighted by atomic mass is 10.0. The second-order valence-electron chi connectivity index (χ2n) is 3.86. The third-order valence-electron chi connectivity index (χ3n) is 2.55. The van der Waals surface area contributed by atoms with Gasteiger partial charge in [-0.1, -0.05) is 6.07 Å². The molecule has 0 unspecified atom stereocenters. The van der Waals surface area contributed by atoms with Gasteiger partial charge in [-0.15, -0.1) is 0 Å². The lowest BCUT2D eigenvalue weighted by molar-refractivity contribution is 1.21. The highest BCUT2D eigenvalue weighted by atomic mass is 14.9. The molecular formula is C13H16N2. The van der Waals surface area contributed by atoms with E-state index in [4.69, 9.17) is 0 Å². The molecule has 0 saturated carbocycles. The van der Waals surface area contributed by atoms with E-state index >= 15 is 0 Å². The average molecular weight is 200 g/mol. The summed E-state index contributed by atoms with van der Waals surface area (Å²) < 4.78 is 0. The first-order valence-corrected chi connectivity index (χ1v) is 5.32. The summed E-state index contributed by atoms with van der Waals surface area (Å²) in [5, 5.41) is 4.61. The van der Waals surface area contributed by atoms with Gasteiger partial charge in [-0.25, -0.2) is 0 Å². The van der Waals surface area contributed by atoms with E-state index in [0.29, 0.717) is 0 Å². The predicted octanol–water partition coefficient (Wildman–Crippen LogP) is 3.28. The number of benzene rings is 1. The maximum Gasteiger partial charge on any atom is 0.0728 e. The van der Waals surface area contributed by atoms with Crippen LogP contribution in [-0.4, -0.2) is 11.5 Å². The molecule has 15 heavy (non-hydrogen) atoms. The SMILES string of the molecule is CCNc1ccnc2cc(C)cc(C)c12. The minimum atomic E-state index is 0.937. The van der Waals surface area contributed by atoms with E-state index in [2.05, 4.69) is 43.2 Å². The largest absolute Gasteiger partial charge is 0.385 e. The molecule has 0 saturated heterocycles. The fourth-order valence-electron chi connectivity index (χ4n) is 2.01. The Labute approximate surface area is 90.3 Å². The second kappa shape index (κ2) is 3.89. The Hall–Kier alpha value is -1.57. The van der Waals surface area contributed by atoms with Crippen molar-refractivity contribution in [2.75, 3.05) is 11.9 Å². The van der Waals surface area contributed by atoms with Gasteiger partial charge in [-0.05, 0) is 44.0 Å². The maximum atomic E-state index is 4.41. The summed E-state index contributed by atoms with van der Waals surface area (Å²) in [6, 6.07) is 6.36. The van der Waals surface area contributed by atoms with Gasteiger partial charge >= 0.3 is 0 Å². The number of rotatable bonds is 2. The Morgan fingerprint density at radius 3 is 2.80 bits per heavy atom. The van der Waals surface area contributed by atoms with Gasteiger partial charge in [0.2, 0.25) is 0 Å². The number of fused-ring (bicyclic) bond motifs is 1. The number of hydrogen-bond donors (Lipinski definition) is 1. The van der Waals surface area contributed by atoms with Crippen molar-refractivity contribution in [3.05, 3.63) is 35.5 Å². The van der Waals surface area contributed by atoms with Crippen molar-refractivity contribution < 1.29 is 0 Å². The van der Waals surface area contributed by atoms with Crippen molar-refractivity contribution in [2.45, 2.75) is 20.8 Å². The fourth-order valence-corrected chi connectivity index (χ4v) is 2.01. The third kappa shape index (κ3) is 1.80. The van der Waals surface area contributed by atoms with E-state index in [1.807, 2.05) is 12.3 Å². The molecule has 0 bridgehead atoms. The Morgan fingerprint density at radius 1 is 1.27 bits per heavy atom. The van der Waals surface area contributed by atoms with Crippen LogP contribution in [0.3, 0.4) is 0 Å². The Kier molecular flexibility index (Phi) is 2.58. The Morgan fingerprint density at radius 2 is 2.07 bits per heavy atom. The molecule has 2 heteroatoms. The second-order valence-corrected chi connectivity index (χ2v) is 3.86. The minimum Gasteiger partial charge on any atom is -0.385 e. The van der Waals surface area contributed by atoms with Crippen LogP contribution in [-0.2, 0) is 0 Å². The smallest absolute Gasteiger partial charge is 0.0728 e. The summed E-state index contributed by atoms with van der Waals surface area (Å²) in [5.74, 6) is 0. The first-order chi connectivity index (χ1) is 7.22. The highest BCUT2D eigenvalue weighted by molar-refractivity contribution is 5.94. The number of nitrogens with zero attached hydrogens (tertiary/aromatic N) is 1. The van der Waals surface area contributed by atoms with Gasteiger partial charge in [-0.3, -0.25) is 4.98 Å². The molecule has 1 heterocycles. The number of aromatic nitrogens is 1. The molecule has 0 aliphatic carbocycles. The molecule has 1 aromatic heterocycles. The molecule has 0 spiro atoms. The zero-order valence-corrected chi connectivity index (χ0v) is 9.46. The summed E-state index contributed by atoms with van der Waals surface area (Å²) >= 11 is 0. The molecule has 0 radical (unpaired) electrons. The molecule has 0 atom stereocenters. The topological polar surface area (TPSA) is 24.9 Å². The highest BCUT2D eigenvalue weighted by Gasteiger charge is 2.04. The third-order valence-corrected chi connectivity index (χ3v) is 2.55. The quantitative estimate of drug-likeness (QED) is 0.804. The molecule has 0 amide bonds. The number of anilines is 1. The molecule has 0 fully saturated rings. The van der Waals surface area contributed by atoms with Gasteiger partial charge in [0.05, 0.1) is 5.52 Å². The molecular weight excluding hydrogens is 184 g/mol. The lowest BCUT2D eigenvalue weighted by Gasteiger charge is -2.10. The maximum absolute atomic E-state index is 4.41. The van der Waals surface area contributed by atoms with Gasteiger partial charge in [0.25, 0.3) is 0 Å². The zero-order chi connectivity index (χ0) is 10.8. The summed E-state index contributed by atoms with van der Waals surface area (Å²) in [5.41, 5.74) is 4.81. The van der Waals surface area contributed by atoms with E-state index in [1.54, 1.807) is 0 Å². The van der Waals surface area contributed by atoms with Gasteiger partial charge < -0.3 is 5.32 Å². The van der Waals surface area contributed by atoms with Crippen molar-refractivity contribution in [1.29, 1.82) is 0 Å². The Balaban J connectivity index is 2.73. The first-order valence-electron chi connectivity index (χ1n) is 5.32. The minimum absolute atomic E-state index is 0.937. The number of hydrogen-bond acceptors (Lipinski definition) is 2. The Bertz CT molecular complexity index is 489. The summed E-state index contributed by atoms with van der Waals surface area (Å²) in [4.78, 5) is 4.41. The van der Waals surface area contributed by atoms with Gasteiger partial charge in [0.1, 0.15) is 0 Å². The molecule has 0 aliphatic heterocycles.